The minimum Gasteiger partial charge on any atom is -0.480 e. The summed E-state index contributed by atoms with van der Waals surface area (Å²) in [4.78, 5) is 28.5. The Morgan fingerprint density at radius 1 is 1.33 bits per heavy atom. The van der Waals surface area contributed by atoms with Crippen molar-refractivity contribution in [1.82, 2.24) is 9.55 Å². The van der Waals surface area contributed by atoms with Crippen LogP contribution >= 0.6 is 11.3 Å². The van der Waals surface area contributed by atoms with Crippen molar-refractivity contribution in [1.29, 1.82) is 0 Å². The zero-order valence-corrected chi connectivity index (χ0v) is 12.0. The highest BCUT2D eigenvalue weighted by molar-refractivity contribution is 7.17. The molecule has 0 bridgehead atoms. The third kappa shape index (κ3) is 2.23. The van der Waals surface area contributed by atoms with E-state index in [9.17, 15) is 9.59 Å². The van der Waals surface area contributed by atoms with Gasteiger partial charge in [0, 0.05) is 10.9 Å². The lowest BCUT2D eigenvalue weighted by Crippen LogP contribution is -2.28. The lowest BCUT2D eigenvalue weighted by molar-refractivity contribution is -0.140. The number of carbonyl (C=O) groups is 1. The molecule has 0 fully saturated rings. The normalized spacial score (nSPS) is 12.4. The number of carboxylic acids is 1. The van der Waals surface area contributed by atoms with Crippen LogP contribution in [0.15, 0.2) is 46.8 Å². The number of thiophene rings is 1. The smallest absolute Gasteiger partial charge is 0.326 e. The second kappa shape index (κ2) is 5.14. The number of aliphatic carboxylic acids is 1. The van der Waals surface area contributed by atoms with Gasteiger partial charge in [-0.25, -0.2) is 9.78 Å². The first-order chi connectivity index (χ1) is 10.1. The summed E-state index contributed by atoms with van der Waals surface area (Å²) in [5.41, 5.74) is 1.39. The van der Waals surface area contributed by atoms with Crippen molar-refractivity contribution in [2.75, 3.05) is 0 Å². The summed E-state index contributed by atoms with van der Waals surface area (Å²) in [6.45, 7) is 1.46. The summed E-state index contributed by atoms with van der Waals surface area (Å²) >= 11 is 1.38. The van der Waals surface area contributed by atoms with Gasteiger partial charge >= 0.3 is 5.97 Å². The van der Waals surface area contributed by atoms with E-state index in [4.69, 9.17) is 5.11 Å². The van der Waals surface area contributed by atoms with Gasteiger partial charge in [0.2, 0.25) is 0 Å². The van der Waals surface area contributed by atoms with Crippen molar-refractivity contribution < 1.29 is 9.90 Å². The fourth-order valence-corrected chi connectivity index (χ4v) is 3.08. The maximum atomic E-state index is 12.6. The quantitative estimate of drug-likeness (QED) is 0.807. The lowest BCUT2D eigenvalue weighted by Gasteiger charge is -2.10. The highest BCUT2D eigenvalue weighted by Gasteiger charge is 2.19. The number of hydrogen-bond donors (Lipinski definition) is 1. The molecule has 2 aromatic heterocycles. The van der Waals surface area contributed by atoms with Crippen molar-refractivity contribution in [3.05, 3.63) is 52.4 Å². The standard InChI is InChI=1S/C15H12N2O3S/c1-9(15(19)20)17-8-16-13-12(14(17)18)11(7-21-13)10-5-3-2-4-6-10/h2-9H,1H3,(H,19,20). The van der Waals surface area contributed by atoms with Gasteiger partial charge in [-0.2, -0.15) is 0 Å². The van der Waals surface area contributed by atoms with Crippen LogP contribution in [0.2, 0.25) is 0 Å². The second-order valence-corrected chi connectivity index (χ2v) is 5.52. The predicted octanol–water partition coefficient (Wildman–Crippen LogP) is 2.77. The molecule has 5 nitrogen and oxygen atoms in total. The SMILES string of the molecule is CC(C(=O)O)n1cnc2scc(-c3ccccc3)c2c1=O. The maximum absolute atomic E-state index is 12.6. The molecule has 106 valence electrons. The molecule has 1 N–H and O–H groups in total. The highest BCUT2D eigenvalue weighted by Crippen LogP contribution is 2.30. The molecule has 0 saturated heterocycles. The zero-order chi connectivity index (χ0) is 15.0. The number of rotatable bonds is 3. The van der Waals surface area contributed by atoms with Crippen LogP contribution < -0.4 is 5.56 Å². The third-order valence-electron chi connectivity index (χ3n) is 3.38. The topological polar surface area (TPSA) is 72.2 Å². The Hall–Kier alpha value is -2.47. The van der Waals surface area contributed by atoms with E-state index in [0.29, 0.717) is 10.2 Å². The molecule has 0 saturated carbocycles. The van der Waals surface area contributed by atoms with Crippen molar-refractivity contribution in [2.24, 2.45) is 0 Å². The minimum atomic E-state index is -1.06. The van der Waals surface area contributed by atoms with Crippen molar-refractivity contribution >= 4 is 27.5 Å². The summed E-state index contributed by atoms with van der Waals surface area (Å²) in [6.07, 6.45) is 1.30. The summed E-state index contributed by atoms with van der Waals surface area (Å²) in [6, 6.07) is 8.58. The lowest BCUT2D eigenvalue weighted by atomic mass is 10.1. The molecule has 0 amide bonds. The molecule has 0 aliphatic carbocycles. The maximum Gasteiger partial charge on any atom is 0.326 e. The summed E-state index contributed by atoms with van der Waals surface area (Å²) in [5, 5.41) is 11.4. The Morgan fingerprint density at radius 2 is 2.05 bits per heavy atom. The van der Waals surface area contributed by atoms with Gasteiger partial charge in [0.15, 0.2) is 0 Å². The van der Waals surface area contributed by atoms with E-state index < -0.39 is 12.0 Å². The van der Waals surface area contributed by atoms with E-state index in [1.165, 1.54) is 24.6 Å². The Labute approximate surface area is 124 Å². The van der Waals surface area contributed by atoms with Crippen LogP contribution in [0.3, 0.4) is 0 Å². The molecule has 6 heteroatoms. The molecule has 21 heavy (non-hydrogen) atoms. The number of fused-ring (bicyclic) bond motifs is 1. The first kappa shape index (κ1) is 13.5. The molecule has 1 atom stereocenters. The van der Waals surface area contributed by atoms with Crippen LogP contribution in [0.4, 0.5) is 0 Å². The van der Waals surface area contributed by atoms with E-state index in [0.717, 1.165) is 15.7 Å². The van der Waals surface area contributed by atoms with E-state index >= 15 is 0 Å². The van der Waals surface area contributed by atoms with Gasteiger partial charge in [0.05, 0.1) is 11.7 Å². The molecule has 0 aliphatic rings. The first-order valence-corrected chi connectivity index (χ1v) is 7.24. The Balaban J connectivity index is 2.28. The molecule has 0 aliphatic heterocycles. The van der Waals surface area contributed by atoms with Gasteiger partial charge < -0.3 is 5.11 Å². The van der Waals surface area contributed by atoms with Crippen LogP contribution in [0.25, 0.3) is 21.3 Å². The number of nitrogens with zero attached hydrogens (tertiary/aromatic N) is 2. The van der Waals surface area contributed by atoms with E-state index in [1.54, 1.807) is 0 Å². The molecule has 1 unspecified atom stereocenters. The molecule has 3 rings (SSSR count). The van der Waals surface area contributed by atoms with E-state index in [1.807, 2.05) is 35.7 Å². The van der Waals surface area contributed by atoms with Crippen LogP contribution in [-0.2, 0) is 4.79 Å². The number of carboxylic acid groups (broad SMARTS) is 1. The van der Waals surface area contributed by atoms with Gasteiger partial charge in [0.25, 0.3) is 5.56 Å². The number of hydrogen-bond acceptors (Lipinski definition) is 4. The number of aromatic nitrogens is 2. The molecular weight excluding hydrogens is 288 g/mol. The van der Waals surface area contributed by atoms with Gasteiger partial charge in [-0.15, -0.1) is 11.3 Å². The average Bonchev–Trinajstić information content (AvgIpc) is 2.92. The van der Waals surface area contributed by atoms with Gasteiger partial charge in [-0.05, 0) is 12.5 Å². The average molecular weight is 300 g/mol. The van der Waals surface area contributed by atoms with Gasteiger partial charge in [0.1, 0.15) is 10.9 Å². The third-order valence-corrected chi connectivity index (χ3v) is 4.27. The highest BCUT2D eigenvalue weighted by atomic mass is 32.1. The van der Waals surface area contributed by atoms with Gasteiger partial charge in [-0.1, -0.05) is 30.3 Å². The molecule has 3 aromatic rings. The fraction of sp³-hybridized carbons (Fsp3) is 0.133. The van der Waals surface area contributed by atoms with Crippen molar-refractivity contribution in [3.8, 4) is 11.1 Å². The Kier molecular flexibility index (Phi) is 3.31. The minimum absolute atomic E-state index is 0.324. The molecule has 1 aromatic carbocycles. The first-order valence-electron chi connectivity index (χ1n) is 6.36. The van der Waals surface area contributed by atoms with Crippen LogP contribution in [-0.4, -0.2) is 20.6 Å². The van der Waals surface area contributed by atoms with Gasteiger partial charge in [-0.3, -0.25) is 9.36 Å². The monoisotopic (exact) mass is 300 g/mol. The van der Waals surface area contributed by atoms with E-state index in [-0.39, 0.29) is 5.56 Å². The zero-order valence-electron chi connectivity index (χ0n) is 11.2. The summed E-state index contributed by atoms with van der Waals surface area (Å²) in [7, 11) is 0. The van der Waals surface area contributed by atoms with Crippen LogP contribution in [0, 0.1) is 0 Å². The Bertz CT molecular complexity index is 868. The largest absolute Gasteiger partial charge is 0.480 e. The second-order valence-electron chi connectivity index (χ2n) is 4.67. The summed E-state index contributed by atoms with van der Waals surface area (Å²) in [5.74, 6) is -1.06. The van der Waals surface area contributed by atoms with Crippen molar-refractivity contribution in [2.45, 2.75) is 13.0 Å². The number of benzene rings is 1. The summed E-state index contributed by atoms with van der Waals surface area (Å²) < 4.78 is 1.16. The molecule has 0 radical (unpaired) electrons. The Morgan fingerprint density at radius 3 is 2.71 bits per heavy atom. The van der Waals surface area contributed by atoms with Crippen molar-refractivity contribution in [3.63, 3.8) is 0 Å². The fourth-order valence-electron chi connectivity index (χ4n) is 2.17. The van der Waals surface area contributed by atoms with E-state index in [2.05, 4.69) is 4.98 Å². The molecule has 2 heterocycles. The molecular formula is C15H12N2O3S. The van der Waals surface area contributed by atoms with Crippen LogP contribution in [0.5, 0.6) is 0 Å². The van der Waals surface area contributed by atoms with Crippen LogP contribution in [0.1, 0.15) is 13.0 Å². The molecule has 0 spiro atoms. The predicted molar refractivity (Wildman–Crippen MR) is 81.7 cm³/mol.